The van der Waals surface area contributed by atoms with Gasteiger partial charge in [0.1, 0.15) is 5.75 Å². The molecule has 2 rings (SSSR count). The zero-order valence-corrected chi connectivity index (χ0v) is 14.5. The second kappa shape index (κ2) is 8.50. The number of hydrogen-bond donors (Lipinski definition) is 2. The van der Waals surface area contributed by atoms with Crippen LogP contribution in [-0.2, 0) is 11.2 Å². The van der Waals surface area contributed by atoms with E-state index in [0.29, 0.717) is 12.2 Å². The number of nitrogens with one attached hydrogen (secondary N) is 1. The fourth-order valence-electron chi connectivity index (χ4n) is 2.47. The SMILES string of the molecule is Cc1cccc(CC(=O)NCC(O)c2cccc(OC(C)C)c2)c1. The second-order valence-electron chi connectivity index (χ2n) is 6.22. The molecule has 0 spiro atoms. The van der Waals surface area contributed by atoms with E-state index >= 15 is 0 Å². The summed E-state index contributed by atoms with van der Waals surface area (Å²) in [6.07, 6.45) is -0.376. The molecule has 128 valence electrons. The minimum atomic E-state index is -0.762. The lowest BCUT2D eigenvalue weighted by Crippen LogP contribution is -2.29. The van der Waals surface area contributed by atoms with Gasteiger partial charge in [-0.2, -0.15) is 0 Å². The number of aliphatic hydroxyl groups is 1. The van der Waals surface area contributed by atoms with E-state index in [2.05, 4.69) is 5.32 Å². The van der Waals surface area contributed by atoms with Crippen LogP contribution in [0.5, 0.6) is 5.75 Å². The molecule has 1 amide bonds. The molecule has 0 aliphatic heterocycles. The molecular formula is C20H25NO3. The van der Waals surface area contributed by atoms with Crippen molar-refractivity contribution < 1.29 is 14.6 Å². The van der Waals surface area contributed by atoms with Crippen molar-refractivity contribution in [1.82, 2.24) is 5.32 Å². The largest absolute Gasteiger partial charge is 0.491 e. The Morgan fingerprint density at radius 3 is 2.62 bits per heavy atom. The van der Waals surface area contributed by atoms with E-state index in [0.717, 1.165) is 16.7 Å². The summed E-state index contributed by atoms with van der Waals surface area (Å²) in [6, 6.07) is 15.2. The molecule has 0 aromatic heterocycles. The van der Waals surface area contributed by atoms with Crippen molar-refractivity contribution in [1.29, 1.82) is 0 Å². The van der Waals surface area contributed by atoms with Gasteiger partial charge in [0.2, 0.25) is 5.91 Å². The van der Waals surface area contributed by atoms with Gasteiger partial charge in [-0.3, -0.25) is 4.79 Å². The molecule has 0 aliphatic carbocycles. The summed E-state index contributed by atoms with van der Waals surface area (Å²) in [6.45, 7) is 6.08. The average Bonchev–Trinajstić information content (AvgIpc) is 2.52. The third kappa shape index (κ3) is 5.70. The lowest BCUT2D eigenvalue weighted by Gasteiger charge is -2.15. The molecule has 0 saturated heterocycles. The van der Waals surface area contributed by atoms with E-state index in [4.69, 9.17) is 4.74 Å². The van der Waals surface area contributed by atoms with Gasteiger partial charge in [0.25, 0.3) is 0 Å². The van der Waals surface area contributed by atoms with E-state index in [9.17, 15) is 9.90 Å². The molecule has 2 N–H and O–H groups in total. The lowest BCUT2D eigenvalue weighted by molar-refractivity contribution is -0.120. The molecule has 2 aromatic carbocycles. The topological polar surface area (TPSA) is 58.6 Å². The van der Waals surface area contributed by atoms with Crippen LogP contribution < -0.4 is 10.1 Å². The van der Waals surface area contributed by atoms with Gasteiger partial charge in [0.15, 0.2) is 0 Å². The first-order valence-electron chi connectivity index (χ1n) is 8.21. The highest BCUT2D eigenvalue weighted by Gasteiger charge is 2.11. The number of carbonyl (C=O) groups excluding carboxylic acids is 1. The van der Waals surface area contributed by atoms with Crippen molar-refractivity contribution in [3.8, 4) is 5.75 Å². The van der Waals surface area contributed by atoms with Crippen LogP contribution >= 0.6 is 0 Å². The molecular weight excluding hydrogens is 302 g/mol. The Balaban J connectivity index is 1.88. The van der Waals surface area contributed by atoms with E-state index in [-0.39, 0.29) is 18.6 Å². The number of hydrogen-bond acceptors (Lipinski definition) is 3. The van der Waals surface area contributed by atoms with E-state index in [1.807, 2.05) is 63.2 Å². The van der Waals surface area contributed by atoms with Gasteiger partial charge in [0, 0.05) is 6.54 Å². The Labute approximate surface area is 143 Å². The van der Waals surface area contributed by atoms with Crippen LogP contribution in [0, 0.1) is 6.92 Å². The van der Waals surface area contributed by atoms with Crippen LogP contribution in [0.4, 0.5) is 0 Å². The summed E-state index contributed by atoms with van der Waals surface area (Å²) < 4.78 is 5.62. The Morgan fingerprint density at radius 1 is 1.17 bits per heavy atom. The third-order valence-corrected chi connectivity index (χ3v) is 3.55. The minimum Gasteiger partial charge on any atom is -0.491 e. The number of rotatable bonds is 7. The Kier molecular flexibility index (Phi) is 6.38. The normalized spacial score (nSPS) is 12.0. The van der Waals surface area contributed by atoms with Crippen LogP contribution in [0.1, 0.15) is 36.6 Å². The maximum absolute atomic E-state index is 12.0. The molecule has 4 heteroatoms. The van der Waals surface area contributed by atoms with Crippen molar-refractivity contribution in [2.45, 2.75) is 39.4 Å². The van der Waals surface area contributed by atoms with Crippen molar-refractivity contribution in [2.24, 2.45) is 0 Å². The van der Waals surface area contributed by atoms with E-state index < -0.39 is 6.10 Å². The fourth-order valence-corrected chi connectivity index (χ4v) is 2.47. The molecule has 1 unspecified atom stereocenters. The summed E-state index contributed by atoms with van der Waals surface area (Å²) in [5.74, 6) is 0.613. The number of ether oxygens (including phenoxy) is 1. The van der Waals surface area contributed by atoms with Crippen LogP contribution in [0.15, 0.2) is 48.5 Å². The van der Waals surface area contributed by atoms with Crippen LogP contribution in [0.25, 0.3) is 0 Å². The van der Waals surface area contributed by atoms with E-state index in [1.165, 1.54) is 0 Å². The average molecular weight is 327 g/mol. The highest BCUT2D eigenvalue weighted by atomic mass is 16.5. The van der Waals surface area contributed by atoms with Gasteiger partial charge < -0.3 is 15.2 Å². The van der Waals surface area contributed by atoms with Gasteiger partial charge in [-0.15, -0.1) is 0 Å². The fraction of sp³-hybridized carbons (Fsp3) is 0.350. The third-order valence-electron chi connectivity index (χ3n) is 3.55. The first-order valence-corrected chi connectivity index (χ1v) is 8.21. The lowest BCUT2D eigenvalue weighted by atomic mass is 10.1. The van der Waals surface area contributed by atoms with Crippen molar-refractivity contribution in [3.05, 3.63) is 65.2 Å². The Hall–Kier alpha value is -2.33. The molecule has 0 saturated carbocycles. The van der Waals surface area contributed by atoms with Gasteiger partial charge in [-0.05, 0) is 44.0 Å². The van der Waals surface area contributed by atoms with Gasteiger partial charge in [0.05, 0.1) is 18.6 Å². The standard InChI is InChI=1S/C20H25NO3/c1-14(2)24-18-9-5-8-17(12-18)19(22)13-21-20(23)11-16-7-4-6-15(3)10-16/h4-10,12,14,19,22H,11,13H2,1-3H3,(H,21,23). The number of aryl methyl sites for hydroxylation is 1. The van der Waals surface area contributed by atoms with Crippen molar-refractivity contribution in [3.63, 3.8) is 0 Å². The predicted molar refractivity (Wildman–Crippen MR) is 95.1 cm³/mol. The highest BCUT2D eigenvalue weighted by molar-refractivity contribution is 5.78. The molecule has 0 fully saturated rings. The van der Waals surface area contributed by atoms with Gasteiger partial charge >= 0.3 is 0 Å². The number of aliphatic hydroxyl groups excluding tert-OH is 1. The quantitative estimate of drug-likeness (QED) is 0.821. The molecule has 24 heavy (non-hydrogen) atoms. The number of benzene rings is 2. The van der Waals surface area contributed by atoms with Crippen LogP contribution in [0.2, 0.25) is 0 Å². The molecule has 1 atom stereocenters. The van der Waals surface area contributed by atoms with Gasteiger partial charge in [-0.25, -0.2) is 0 Å². The Bertz CT molecular complexity index is 682. The first kappa shape index (κ1) is 18.0. The molecule has 2 aromatic rings. The summed E-state index contributed by atoms with van der Waals surface area (Å²) in [4.78, 5) is 12.0. The Morgan fingerprint density at radius 2 is 1.92 bits per heavy atom. The second-order valence-corrected chi connectivity index (χ2v) is 6.22. The molecule has 0 bridgehead atoms. The molecule has 0 radical (unpaired) electrons. The first-order chi connectivity index (χ1) is 11.4. The summed E-state index contributed by atoms with van der Waals surface area (Å²) in [5.41, 5.74) is 2.82. The van der Waals surface area contributed by atoms with Gasteiger partial charge in [-0.1, -0.05) is 42.0 Å². The maximum Gasteiger partial charge on any atom is 0.224 e. The number of amides is 1. The summed E-state index contributed by atoms with van der Waals surface area (Å²) >= 11 is 0. The van der Waals surface area contributed by atoms with Crippen LogP contribution in [-0.4, -0.2) is 23.7 Å². The smallest absolute Gasteiger partial charge is 0.224 e. The predicted octanol–water partition coefficient (Wildman–Crippen LogP) is 3.17. The molecule has 0 heterocycles. The monoisotopic (exact) mass is 327 g/mol. The highest BCUT2D eigenvalue weighted by Crippen LogP contribution is 2.20. The van der Waals surface area contributed by atoms with Crippen LogP contribution in [0.3, 0.4) is 0 Å². The zero-order valence-electron chi connectivity index (χ0n) is 14.5. The number of carbonyl (C=O) groups is 1. The maximum atomic E-state index is 12.0. The van der Waals surface area contributed by atoms with Crippen molar-refractivity contribution >= 4 is 5.91 Å². The molecule has 0 aliphatic rings. The summed E-state index contributed by atoms with van der Waals surface area (Å²) in [7, 11) is 0. The minimum absolute atomic E-state index is 0.0754. The van der Waals surface area contributed by atoms with E-state index in [1.54, 1.807) is 6.07 Å². The summed E-state index contributed by atoms with van der Waals surface area (Å²) in [5, 5.41) is 13.0. The van der Waals surface area contributed by atoms with Crippen molar-refractivity contribution in [2.75, 3.05) is 6.54 Å². The molecule has 4 nitrogen and oxygen atoms in total. The zero-order chi connectivity index (χ0) is 17.5.